The molecule has 0 fully saturated rings. The summed E-state index contributed by atoms with van der Waals surface area (Å²) < 4.78 is 34.8. The van der Waals surface area contributed by atoms with Crippen LogP contribution in [0.15, 0.2) is 108 Å². The molecule has 0 aliphatic carbocycles. The maximum Gasteiger partial charge on any atom is 0.264 e. The molecule has 0 unspecified atom stereocenters. The van der Waals surface area contributed by atoms with Gasteiger partial charge >= 0.3 is 0 Å². The van der Waals surface area contributed by atoms with Gasteiger partial charge in [0.15, 0.2) is 0 Å². The number of nitrogens with one attached hydrogen (secondary N) is 1. The van der Waals surface area contributed by atoms with E-state index in [2.05, 4.69) is 5.32 Å². The minimum absolute atomic E-state index is 0.0485. The van der Waals surface area contributed by atoms with Gasteiger partial charge in [0.1, 0.15) is 18.3 Å². The van der Waals surface area contributed by atoms with Gasteiger partial charge in [-0.1, -0.05) is 83.9 Å². The Hall–Kier alpha value is -4.63. The maximum absolute atomic E-state index is 14.5. The molecule has 1 N–H and O–H groups in total. The standard InChI is InChI=1S/C36H41N3O5S/c1-26(2)37-36(41)34(22-29-12-7-6-8-13-29)38(24-30-14-9-11-28(4)21-30)35(40)25-39(31-15-10-16-32(23-31)44-5)45(42,43)33-19-17-27(3)18-20-33/h6-21,23,26,34H,22,24-25H2,1-5H3,(H,37,41)/t34-/m0/s1. The van der Waals surface area contributed by atoms with E-state index in [9.17, 15) is 18.0 Å². The summed E-state index contributed by atoms with van der Waals surface area (Å²) >= 11 is 0. The molecule has 0 saturated heterocycles. The van der Waals surface area contributed by atoms with Gasteiger partial charge in [-0.2, -0.15) is 0 Å². The predicted molar refractivity (Wildman–Crippen MR) is 178 cm³/mol. The highest BCUT2D eigenvalue weighted by atomic mass is 32.2. The molecule has 45 heavy (non-hydrogen) atoms. The molecule has 2 amide bonds. The van der Waals surface area contributed by atoms with Crippen molar-refractivity contribution < 1.29 is 22.7 Å². The van der Waals surface area contributed by atoms with Gasteiger partial charge in [-0.15, -0.1) is 0 Å². The molecule has 0 heterocycles. The van der Waals surface area contributed by atoms with Crippen molar-refractivity contribution in [3.63, 3.8) is 0 Å². The first-order valence-corrected chi connectivity index (χ1v) is 16.3. The molecule has 0 aliphatic rings. The first-order chi connectivity index (χ1) is 21.5. The number of ether oxygens (including phenoxy) is 1. The lowest BCUT2D eigenvalue weighted by molar-refractivity contribution is -0.140. The number of hydrogen-bond acceptors (Lipinski definition) is 5. The van der Waals surface area contributed by atoms with Crippen molar-refractivity contribution in [2.75, 3.05) is 18.0 Å². The van der Waals surface area contributed by atoms with E-state index in [0.29, 0.717) is 5.75 Å². The summed E-state index contributed by atoms with van der Waals surface area (Å²) in [6.07, 6.45) is 0.251. The Labute approximate surface area is 266 Å². The Kier molecular flexibility index (Phi) is 11.0. The van der Waals surface area contributed by atoms with Crippen LogP contribution in [-0.2, 0) is 32.6 Å². The minimum atomic E-state index is -4.20. The number of amides is 2. The van der Waals surface area contributed by atoms with Crippen molar-refractivity contribution in [1.29, 1.82) is 0 Å². The van der Waals surface area contributed by atoms with Crippen LogP contribution in [0.4, 0.5) is 5.69 Å². The number of rotatable bonds is 13. The molecule has 0 aliphatic heterocycles. The second kappa shape index (κ2) is 14.9. The zero-order valence-corrected chi connectivity index (χ0v) is 27.3. The topological polar surface area (TPSA) is 96.0 Å². The van der Waals surface area contributed by atoms with Crippen LogP contribution in [0.3, 0.4) is 0 Å². The molecule has 4 aromatic rings. The number of hydrogen-bond donors (Lipinski definition) is 1. The van der Waals surface area contributed by atoms with Crippen molar-refractivity contribution >= 4 is 27.5 Å². The fourth-order valence-corrected chi connectivity index (χ4v) is 6.48. The zero-order chi connectivity index (χ0) is 32.6. The lowest BCUT2D eigenvalue weighted by Crippen LogP contribution is -2.54. The van der Waals surface area contributed by atoms with E-state index in [0.717, 1.165) is 26.6 Å². The van der Waals surface area contributed by atoms with Crippen molar-refractivity contribution in [3.05, 3.63) is 125 Å². The van der Waals surface area contributed by atoms with Gasteiger partial charge < -0.3 is 15.0 Å². The van der Waals surface area contributed by atoms with E-state index in [4.69, 9.17) is 4.74 Å². The van der Waals surface area contributed by atoms with Gasteiger partial charge in [0, 0.05) is 25.1 Å². The number of benzene rings is 4. The van der Waals surface area contributed by atoms with E-state index in [1.54, 1.807) is 36.4 Å². The highest BCUT2D eigenvalue weighted by Crippen LogP contribution is 2.28. The smallest absolute Gasteiger partial charge is 0.264 e. The summed E-state index contributed by atoms with van der Waals surface area (Å²) in [5.74, 6) is -0.391. The highest BCUT2D eigenvalue weighted by Gasteiger charge is 2.35. The van der Waals surface area contributed by atoms with Crippen LogP contribution in [-0.4, -0.2) is 50.9 Å². The van der Waals surface area contributed by atoms with Crippen molar-refractivity contribution in [2.24, 2.45) is 0 Å². The average Bonchev–Trinajstić information content (AvgIpc) is 3.01. The summed E-state index contributed by atoms with van der Waals surface area (Å²) in [5, 5.41) is 2.98. The second-order valence-electron chi connectivity index (χ2n) is 11.4. The van der Waals surface area contributed by atoms with Crippen LogP contribution in [0, 0.1) is 13.8 Å². The first-order valence-electron chi connectivity index (χ1n) is 14.9. The minimum Gasteiger partial charge on any atom is -0.497 e. The highest BCUT2D eigenvalue weighted by molar-refractivity contribution is 7.92. The van der Waals surface area contributed by atoms with Crippen molar-refractivity contribution in [3.8, 4) is 5.75 Å². The molecule has 4 aromatic carbocycles. The molecular formula is C36H41N3O5S. The van der Waals surface area contributed by atoms with Crippen LogP contribution in [0.1, 0.15) is 36.1 Å². The Bertz CT molecular complexity index is 1710. The van der Waals surface area contributed by atoms with Crippen LogP contribution < -0.4 is 14.4 Å². The van der Waals surface area contributed by atoms with Gasteiger partial charge in [0.25, 0.3) is 10.0 Å². The van der Waals surface area contributed by atoms with Crippen molar-refractivity contribution in [1.82, 2.24) is 10.2 Å². The number of aryl methyl sites for hydroxylation is 2. The summed E-state index contributed by atoms with van der Waals surface area (Å²) in [7, 11) is -2.70. The van der Waals surface area contributed by atoms with Crippen LogP contribution in [0.5, 0.6) is 5.75 Å². The Morgan fingerprint density at radius 2 is 1.47 bits per heavy atom. The summed E-state index contributed by atoms with van der Waals surface area (Å²) in [6.45, 7) is 7.14. The molecule has 0 saturated carbocycles. The van der Waals surface area contributed by atoms with Gasteiger partial charge in [0.2, 0.25) is 11.8 Å². The van der Waals surface area contributed by atoms with E-state index < -0.39 is 28.5 Å². The summed E-state index contributed by atoms with van der Waals surface area (Å²) in [6, 6.07) is 29.2. The Morgan fingerprint density at radius 3 is 2.11 bits per heavy atom. The molecule has 9 heteroatoms. The van der Waals surface area contributed by atoms with Gasteiger partial charge in [-0.05, 0) is 63.1 Å². The molecule has 0 spiro atoms. The number of nitrogens with zero attached hydrogens (tertiary/aromatic N) is 2. The molecule has 0 aromatic heterocycles. The molecular weight excluding hydrogens is 586 g/mol. The molecule has 8 nitrogen and oxygen atoms in total. The van der Waals surface area contributed by atoms with Crippen LogP contribution in [0.2, 0.25) is 0 Å². The summed E-state index contributed by atoms with van der Waals surface area (Å²) in [5.41, 5.74) is 3.88. The molecule has 1 atom stereocenters. The lowest BCUT2D eigenvalue weighted by atomic mass is 10.0. The SMILES string of the molecule is COc1cccc(N(CC(=O)N(Cc2cccc(C)c2)[C@@H](Cc2ccccc2)C(=O)NC(C)C)S(=O)(=O)c2ccc(C)cc2)c1. The predicted octanol–water partition coefficient (Wildman–Crippen LogP) is 5.67. The van der Waals surface area contributed by atoms with Gasteiger partial charge in [-0.25, -0.2) is 8.42 Å². The summed E-state index contributed by atoms with van der Waals surface area (Å²) in [4.78, 5) is 29.9. The van der Waals surface area contributed by atoms with E-state index in [-0.39, 0.29) is 35.5 Å². The fourth-order valence-electron chi connectivity index (χ4n) is 5.07. The molecule has 0 bridgehead atoms. The third-order valence-corrected chi connectivity index (χ3v) is 9.15. The number of sulfonamides is 1. The lowest BCUT2D eigenvalue weighted by Gasteiger charge is -2.34. The number of anilines is 1. The van der Waals surface area contributed by atoms with E-state index in [1.807, 2.05) is 82.3 Å². The van der Waals surface area contributed by atoms with Gasteiger partial charge in [0.05, 0.1) is 17.7 Å². The fraction of sp³-hybridized carbons (Fsp3) is 0.278. The van der Waals surface area contributed by atoms with Crippen LogP contribution >= 0.6 is 0 Å². The monoisotopic (exact) mass is 627 g/mol. The third-order valence-electron chi connectivity index (χ3n) is 7.37. The normalized spacial score (nSPS) is 12.0. The molecule has 4 rings (SSSR count). The van der Waals surface area contributed by atoms with Gasteiger partial charge in [-0.3, -0.25) is 13.9 Å². The van der Waals surface area contributed by atoms with Crippen molar-refractivity contribution in [2.45, 2.75) is 57.6 Å². The number of methoxy groups -OCH3 is 1. The maximum atomic E-state index is 14.5. The third kappa shape index (κ3) is 8.73. The quantitative estimate of drug-likeness (QED) is 0.206. The van der Waals surface area contributed by atoms with E-state index >= 15 is 0 Å². The number of carbonyl (C=O) groups excluding carboxylic acids is 2. The molecule has 0 radical (unpaired) electrons. The Balaban J connectivity index is 1.82. The number of carbonyl (C=O) groups is 2. The molecule has 236 valence electrons. The Morgan fingerprint density at radius 1 is 0.800 bits per heavy atom. The second-order valence-corrected chi connectivity index (χ2v) is 13.3. The van der Waals surface area contributed by atoms with Crippen LogP contribution in [0.25, 0.3) is 0 Å². The van der Waals surface area contributed by atoms with E-state index in [1.165, 1.54) is 24.1 Å². The average molecular weight is 628 g/mol. The first kappa shape index (κ1) is 33.3. The largest absolute Gasteiger partial charge is 0.497 e. The zero-order valence-electron chi connectivity index (χ0n) is 26.4.